The van der Waals surface area contributed by atoms with Crippen molar-refractivity contribution < 1.29 is 19.8 Å². The number of aryl methyl sites for hydroxylation is 4. The van der Waals surface area contributed by atoms with Gasteiger partial charge in [-0.3, -0.25) is 9.59 Å². The molecule has 0 aliphatic rings. The Morgan fingerprint density at radius 2 is 0.867 bits per heavy atom. The van der Waals surface area contributed by atoms with Crippen molar-refractivity contribution in [2.45, 2.75) is 39.8 Å². The highest BCUT2D eigenvalue weighted by molar-refractivity contribution is 8.76. The van der Waals surface area contributed by atoms with Crippen LogP contribution in [0.1, 0.15) is 22.3 Å². The molecule has 0 saturated carbocycles. The summed E-state index contributed by atoms with van der Waals surface area (Å²) < 4.78 is 0. The molecule has 0 aromatic heterocycles. The van der Waals surface area contributed by atoms with Gasteiger partial charge in [0.2, 0.25) is 0 Å². The van der Waals surface area contributed by atoms with E-state index >= 15 is 0 Å². The van der Waals surface area contributed by atoms with Crippen molar-refractivity contribution in [3.05, 3.63) is 70.8 Å². The van der Waals surface area contributed by atoms with Crippen molar-refractivity contribution in [1.29, 1.82) is 0 Å². The number of aliphatic carboxylic acids is 2. The summed E-state index contributed by atoms with van der Waals surface area (Å²) in [6.07, 6.45) is 0. The van der Waals surface area contributed by atoms with Crippen molar-refractivity contribution in [3.63, 3.8) is 0 Å². The predicted octanol–water partition coefficient (Wildman–Crippen LogP) is 3.80. The van der Waals surface area contributed by atoms with E-state index in [0.29, 0.717) is 0 Å². The van der Waals surface area contributed by atoms with Gasteiger partial charge in [0.05, 0.1) is 0 Å². The summed E-state index contributed by atoms with van der Waals surface area (Å²) in [6, 6.07) is 15.1. The van der Waals surface area contributed by atoms with E-state index in [9.17, 15) is 9.59 Å². The third kappa shape index (κ3) is 14.9. The van der Waals surface area contributed by atoms with Crippen molar-refractivity contribution in [2.75, 3.05) is 11.5 Å². The molecule has 6 N–H and O–H groups in total. The molecule has 2 rings (SSSR count). The third-order valence-corrected chi connectivity index (χ3v) is 6.12. The average Bonchev–Trinajstić information content (AvgIpc) is 2.70. The normalized spacial score (nSPS) is 11.8. The molecule has 0 unspecified atom stereocenters. The van der Waals surface area contributed by atoms with Crippen LogP contribution in [0.5, 0.6) is 0 Å². The van der Waals surface area contributed by atoms with Crippen LogP contribution in [0.25, 0.3) is 0 Å². The lowest BCUT2D eigenvalue weighted by molar-refractivity contribution is -0.138. The van der Waals surface area contributed by atoms with E-state index in [2.05, 4.69) is 76.2 Å². The Balaban J connectivity index is 0.000000447. The quantitative estimate of drug-likeness (QED) is 0.369. The Kier molecular flexibility index (Phi) is 14.7. The first kappa shape index (κ1) is 28.0. The highest BCUT2D eigenvalue weighted by Crippen LogP contribution is 2.22. The standard InChI is InChI=1S/2C8H10.C6H12N2O4S2/c2*1-7-3-5-8(2)6-4-7;7-3(5(9)10)1-13-14-2-4(8)6(11)12/h2*3-6H,1-2H3;3-4H,1-2,7-8H2,(H,9,10)(H,11,12)/t;;3-,4-/m..0/s1. The van der Waals surface area contributed by atoms with Gasteiger partial charge in [-0.25, -0.2) is 0 Å². The second-order valence-electron chi connectivity index (χ2n) is 6.77. The minimum absolute atomic E-state index is 0.229. The zero-order valence-electron chi connectivity index (χ0n) is 17.9. The zero-order chi connectivity index (χ0) is 23.1. The van der Waals surface area contributed by atoms with Crippen molar-refractivity contribution in [1.82, 2.24) is 0 Å². The van der Waals surface area contributed by atoms with Gasteiger partial charge in [-0.2, -0.15) is 0 Å². The summed E-state index contributed by atoms with van der Waals surface area (Å²) in [7, 11) is 2.41. The lowest BCUT2D eigenvalue weighted by Crippen LogP contribution is -2.33. The molecule has 0 aliphatic heterocycles. The third-order valence-electron chi connectivity index (χ3n) is 3.65. The minimum atomic E-state index is -1.07. The monoisotopic (exact) mass is 452 g/mol. The number of rotatable bonds is 7. The van der Waals surface area contributed by atoms with Crippen LogP contribution in [0.2, 0.25) is 0 Å². The Morgan fingerprint density at radius 1 is 0.667 bits per heavy atom. The predicted molar refractivity (Wildman–Crippen MR) is 128 cm³/mol. The Bertz CT molecular complexity index is 645. The van der Waals surface area contributed by atoms with E-state index in [1.54, 1.807) is 0 Å². The minimum Gasteiger partial charge on any atom is -0.480 e. The molecule has 30 heavy (non-hydrogen) atoms. The van der Waals surface area contributed by atoms with Gasteiger partial charge in [0, 0.05) is 11.5 Å². The highest BCUT2D eigenvalue weighted by atomic mass is 33.1. The number of carboxylic acids is 2. The largest absolute Gasteiger partial charge is 0.480 e. The summed E-state index contributed by atoms with van der Waals surface area (Å²) in [5.74, 6) is -1.68. The van der Waals surface area contributed by atoms with Gasteiger partial charge in [0.15, 0.2) is 0 Å². The van der Waals surface area contributed by atoms with Gasteiger partial charge in [-0.1, -0.05) is 92.4 Å². The Morgan fingerprint density at radius 3 is 1.03 bits per heavy atom. The van der Waals surface area contributed by atoms with Crippen molar-refractivity contribution in [3.8, 4) is 0 Å². The molecule has 0 heterocycles. The smallest absolute Gasteiger partial charge is 0.321 e. The zero-order valence-corrected chi connectivity index (χ0v) is 19.5. The second kappa shape index (κ2) is 15.8. The lowest BCUT2D eigenvalue weighted by Gasteiger charge is -2.07. The molecule has 0 spiro atoms. The van der Waals surface area contributed by atoms with Crippen LogP contribution in [0.3, 0.4) is 0 Å². The first-order chi connectivity index (χ1) is 14.0. The van der Waals surface area contributed by atoms with Crippen LogP contribution in [-0.2, 0) is 9.59 Å². The number of benzene rings is 2. The van der Waals surface area contributed by atoms with Crippen molar-refractivity contribution >= 4 is 33.5 Å². The SMILES string of the molecule is Cc1ccc(C)cc1.Cc1ccc(C)cc1.N[C@@H](CSSC[C@H](N)C(=O)O)C(=O)O. The fourth-order valence-corrected chi connectivity index (χ4v) is 3.89. The van der Waals surface area contributed by atoms with E-state index in [4.69, 9.17) is 21.7 Å². The van der Waals surface area contributed by atoms with Gasteiger partial charge < -0.3 is 21.7 Å². The topological polar surface area (TPSA) is 127 Å². The Labute approximate surface area is 186 Å². The van der Waals surface area contributed by atoms with Crippen LogP contribution in [0.4, 0.5) is 0 Å². The number of carboxylic acid groups (broad SMARTS) is 2. The molecule has 0 amide bonds. The van der Waals surface area contributed by atoms with E-state index in [-0.39, 0.29) is 11.5 Å². The van der Waals surface area contributed by atoms with E-state index in [1.165, 1.54) is 43.8 Å². The van der Waals surface area contributed by atoms with Crippen molar-refractivity contribution in [2.24, 2.45) is 11.5 Å². The molecule has 166 valence electrons. The summed E-state index contributed by atoms with van der Waals surface area (Å²) in [5, 5.41) is 16.8. The molecule has 0 saturated heterocycles. The first-order valence-electron chi connectivity index (χ1n) is 9.30. The number of carbonyl (C=O) groups is 2. The molecule has 0 fully saturated rings. The van der Waals surface area contributed by atoms with Crippen LogP contribution in [0.15, 0.2) is 48.5 Å². The van der Waals surface area contributed by atoms with E-state index < -0.39 is 24.0 Å². The fraction of sp³-hybridized carbons (Fsp3) is 0.364. The molecule has 2 aromatic carbocycles. The van der Waals surface area contributed by atoms with E-state index in [0.717, 1.165) is 0 Å². The first-order valence-corrected chi connectivity index (χ1v) is 11.8. The van der Waals surface area contributed by atoms with Gasteiger partial charge >= 0.3 is 11.9 Å². The van der Waals surface area contributed by atoms with Gasteiger partial charge in [-0.05, 0) is 27.7 Å². The van der Waals surface area contributed by atoms with Crippen LogP contribution in [-0.4, -0.2) is 45.7 Å². The lowest BCUT2D eigenvalue weighted by atomic mass is 10.2. The summed E-state index contributed by atoms with van der Waals surface area (Å²) >= 11 is 0. The van der Waals surface area contributed by atoms with Gasteiger partial charge in [0.1, 0.15) is 12.1 Å². The average molecular weight is 453 g/mol. The molecule has 2 atom stereocenters. The number of hydrogen-bond donors (Lipinski definition) is 4. The van der Waals surface area contributed by atoms with Crippen LogP contribution >= 0.6 is 21.6 Å². The molecule has 0 radical (unpaired) electrons. The van der Waals surface area contributed by atoms with Crippen LogP contribution in [0, 0.1) is 27.7 Å². The second-order valence-corrected chi connectivity index (χ2v) is 9.32. The summed E-state index contributed by atoms with van der Waals surface area (Å²) in [6.45, 7) is 8.39. The van der Waals surface area contributed by atoms with E-state index in [1.807, 2.05) is 0 Å². The molecular formula is C22H32N2O4S2. The maximum Gasteiger partial charge on any atom is 0.321 e. The van der Waals surface area contributed by atoms with Gasteiger partial charge in [0.25, 0.3) is 0 Å². The fourth-order valence-electron chi connectivity index (χ4n) is 1.66. The maximum atomic E-state index is 10.3. The summed E-state index contributed by atoms with van der Waals surface area (Å²) in [4.78, 5) is 20.5. The van der Waals surface area contributed by atoms with Crippen LogP contribution < -0.4 is 11.5 Å². The number of nitrogens with two attached hydrogens (primary N) is 2. The maximum absolute atomic E-state index is 10.3. The summed E-state index contributed by atoms with van der Waals surface area (Å²) in [5.41, 5.74) is 15.7. The van der Waals surface area contributed by atoms with Gasteiger partial charge in [-0.15, -0.1) is 0 Å². The molecule has 6 nitrogen and oxygen atoms in total. The molecule has 8 heteroatoms. The molecule has 2 aromatic rings. The molecule has 0 bridgehead atoms. The number of hydrogen-bond acceptors (Lipinski definition) is 6. The molecule has 0 aliphatic carbocycles. The Hall–Kier alpha value is -2.00. The highest BCUT2D eigenvalue weighted by Gasteiger charge is 2.14. The molecular weight excluding hydrogens is 420 g/mol.